The van der Waals surface area contributed by atoms with Crippen LogP contribution in [0.2, 0.25) is 0 Å². The van der Waals surface area contributed by atoms with E-state index in [9.17, 15) is 32.8 Å². The molecule has 13 heteroatoms. The second-order valence-electron chi connectivity index (χ2n) is 9.76. The van der Waals surface area contributed by atoms with Crippen molar-refractivity contribution >= 4 is 29.8 Å². The lowest BCUT2D eigenvalue weighted by Crippen LogP contribution is -2.56. The highest BCUT2D eigenvalue weighted by Gasteiger charge is 2.35. The van der Waals surface area contributed by atoms with Gasteiger partial charge in [0.25, 0.3) is 0 Å². The average molecular weight is 589 g/mol. The molecule has 3 N–H and O–H groups in total. The van der Waals surface area contributed by atoms with E-state index in [1.54, 1.807) is 0 Å². The number of methoxy groups -OCH3 is 1. The minimum absolute atomic E-state index is 0.0730. The topological polar surface area (TPSA) is 143 Å². The number of likely N-dealkylation sites (tertiary alicyclic amines) is 1. The molecule has 1 fully saturated rings. The molecule has 0 bridgehead atoms. The molecule has 2 aromatic carbocycles. The standard InChI is InChI=1S/C29H34F2N4O7/c1-18(36)35-12-6-9-25(35)28(39)42-17-24(27(38)41-2)33-26(37)23(15-20-13-21(30)16-22(31)14-20)34-29(40)32-11-10-19-7-4-3-5-8-19/h3-5,7-8,13-14,16,23-25H,6,9-12,15,17H2,1-2H3,(H,33,37)(H2,32,34,40). The summed E-state index contributed by atoms with van der Waals surface area (Å²) in [5.74, 6) is -4.61. The Morgan fingerprint density at radius 2 is 1.67 bits per heavy atom. The zero-order valence-corrected chi connectivity index (χ0v) is 23.4. The molecule has 1 saturated heterocycles. The number of hydrogen-bond acceptors (Lipinski definition) is 7. The molecule has 4 amide bonds. The van der Waals surface area contributed by atoms with Gasteiger partial charge in [-0.3, -0.25) is 9.59 Å². The third-order valence-corrected chi connectivity index (χ3v) is 6.65. The summed E-state index contributed by atoms with van der Waals surface area (Å²) < 4.78 is 37.7. The van der Waals surface area contributed by atoms with Crippen LogP contribution in [-0.4, -0.2) is 79.6 Å². The second kappa shape index (κ2) is 15.5. The van der Waals surface area contributed by atoms with Crippen molar-refractivity contribution in [3.8, 4) is 0 Å². The van der Waals surface area contributed by atoms with Crippen molar-refractivity contribution in [1.82, 2.24) is 20.9 Å². The third-order valence-electron chi connectivity index (χ3n) is 6.65. The summed E-state index contributed by atoms with van der Waals surface area (Å²) in [6, 6.07) is 7.66. The molecule has 0 radical (unpaired) electrons. The number of esters is 2. The quantitative estimate of drug-likeness (QED) is 0.320. The van der Waals surface area contributed by atoms with Gasteiger partial charge < -0.3 is 30.3 Å². The number of nitrogens with zero attached hydrogens (tertiary/aromatic N) is 1. The predicted molar refractivity (Wildman–Crippen MR) is 146 cm³/mol. The number of benzene rings is 2. The van der Waals surface area contributed by atoms with Crippen LogP contribution >= 0.6 is 0 Å². The van der Waals surface area contributed by atoms with Crippen LogP contribution < -0.4 is 16.0 Å². The Bertz CT molecular complexity index is 1260. The van der Waals surface area contributed by atoms with E-state index < -0.39 is 60.2 Å². The Labute approximate surface area is 241 Å². The first-order chi connectivity index (χ1) is 20.1. The van der Waals surface area contributed by atoms with E-state index in [1.165, 1.54) is 11.8 Å². The van der Waals surface area contributed by atoms with Crippen molar-refractivity contribution in [1.29, 1.82) is 0 Å². The van der Waals surface area contributed by atoms with Crippen LogP contribution in [0.5, 0.6) is 0 Å². The van der Waals surface area contributed by atoms with Crippen molar-refractivity contribution in [2.45, 2.75) is 50.7 Å². The van der Waals surface area contributed by atoms with Gasteiger partial charge in [-0.25, -0.2) is 23.2 Å². The van der Waals surface area contributed by atoms with Crippen LogP contribution in [-0.2, 0) is 41.5 Å². The smallest absolute Gasteiger partial charge is 0.331 e. The lowest BCUT2D eigenvalue weighted by atomic mass is 10.0. The monoisotopic (exact) mass is 588 g/mol. The zero-order valence-electron chi connectivity index (χ0n) is 23.4. The molecule has 1 heterocycles. The van der Waals surface area contributed by atoms with Gasteiger partial charge in [-0.2, -0.15) is 0 Å². The van der Waals surface area contributed by atoms with Gasteiger partial charge in [0, 0.05) is 32.5 Å². The first kappa shape index (κ1) is 32.0. The van der Waals surface area contributed by atoms with E-state index in [-0.39, 0.29) is 24.4 Å². The molecular formula is C29H34F2N4O7. The van der Waals surface area contributed by atoms with Crippen LogP contribution in [0.25, 0.3) is 0 Å². The maximum atomic E-state index is 13.8. The largest absolute Gasteiger partial charge is 0.467 e. The normalized spacial score (nSPS) is 15.7. The van der Waals surface area contributed by atoms with Crippen LogP contribution in [0.4, 0.5) is 13.6 Å². The fraction of sp³-hybridized carbons (Fsp3) is 0.414. The van der Waals surface area contributed by atoms with Crippen molar-refractivity contribution in [3.05, 3.63) is 71.3 Å². The average Bonchev–Trinajstić information content (AvgIpc) is 3.45. The summed E-state index contributed by atoms with van der Waals surface area (Å²) in [6.07, 6.45) is 1.19. The van der Waals surface area contributed by atoms with Crippen LogP contribution in [0, 0.1) is 11.6 Å². The minimum Gasteiger partial charge on any atom is -0.467 e. The Morgan fingerprint density at radius 3 is 2.31 bits per heavy atom. The maximum Gasteiger partial charge on any atom is 0.331 e. The first-order valence-electron chi connectivity index (χ1n) is 13.4. The van der Waals surface area contributed by atoms with E-state index in [2.05, 4.69) is 16.0 Å². The summed E-state index contributed by atoms with van der Waals surface area (Å²) in [7, 11) is 1.07. The van der Waals surface area contributed by atoms with Crippen LogP contribution in [0.3, 0.4) is 0 Å². The summed E-state index contributed by atoms with van der Waals surface area (Å²) >= 11 is 0. The molecule has 226 valence electrons. The Morgan fingerprint density at radius 1 is 0.976 bits per heavy atom. The molecule has 3 unspecified atom stereocenters. The van der Waals surface area contributed by atoms with Gasteiger partial charge >= 0.3 is 18.0 Å². The fourth-order valence-electron chi connectivity index (χ4n) is 4.58. The summed E-state index contributed by atoms with van der Waals surface area (Å²) in [6.45, 7) is 1.36. The van der Waals surface area contributed by atoms with Crippen molar-refractivity contribution in [3.63, 3.8) is 0 Å². The molecule has 3 atom stereocenters. The first-order valence-corrected chi connectivity index (χ1v) is 13.4. The number of nitrogens with one attached hydrogen (secondary N) is 3. The van der Waals surface area contributed by atoms with E-state index >= 15 is 0 Å². The highest BCUT2D eigenvalue weighted by Crippen LogP contribution is 2.18. The van der Waals surface area contributed by atoms with Gasteiger partial charge in [0.1, 0.15) is 30.3 Å². The van der Waals surface area contributed by atoms with Gasteiger partial charge in [-0.15, -0.1) is 0 Å². The van der Waals surface area contributed by atoms with Gasteiger partial charge in [-0.05, 0) is 42.5 Å². The molecule has 11 nitrogen and oxygen atoms in total. The maximum absolute atomic E-state index is 13.8. The lowest BCUT2D eigenvalue weighted by molar-refractivity contribution is -0.157. The van der Waals surface area contributed by atoms with E-state index in [0.717, 1.165) is 24.8 Å². The molecule has 1 aliphatic rings. The number of hydrogen-bond donors (Lipinski definition) is 3. The molecule has 1 aliphatic heterocycles. The molecule has 0 aliphatic carbocycles. The predicted octanol–water partition coefficient (Wildman–Crippen LogP) is 1.63. The summed E-state index contributed by atoms with van der Waals surface area (Å²) in [5.41, 5.74) is 1.05. The number of urea groups is 1. The number of rotatable bonds is 12. The Hall–Kier alpha value is -4.55. The van der Waals surface area contributed by atoms with Gasteiger partial charge in [0.15, 0.2) is 6.04 Å². The van der Waals surface area contributed by atoms with Gasteiger partial charge in [0.2, 0.25) is 11.8 Å². The molecule has 0 saturated carbocycles. The number of halogens is 2. The summed E-state index contributed by atoms with van der Waals surface area (Å²) in [4.78, 5) is 64.1. The molecule has 42 heavy (non-hydrogen) atoms. The number of carbonyl (C=O) groups is 5. The lowest BCUT2D eigenvalue weighted by Gasteiger charge is -2.24. The molecule has 3 rings (SSSR count). The van der Waals surface area contributed by atoms with E-state index in [1.807, 2.05) is 30.3 Å². The molecular weight excluding hydrogens is 554 g/mol. The molecule has 0 spiro atoms. The van der Waals surface area contributed by atoms with Crippen molar-refractivity contribution in [2.75, 3.05) is 26.8 Å². The molecule has 2 aromatic rings. The van der Waals surface area contributed by atoms with E-state index in [4.69, 9.17) is 9.47 Å². The molecule has 0 aromatic heterocycles. The van der Waals surface area contributed by atoms with Crippen molar-refractivity contribution < 1.29 is 42.2 Å². The Balaban J connectivity index is 1.68. The van der Waals surface area contributed by atoms with Gasteiger partial charge in [-0.1, -0.05) is 30.3 Å². The minimum atomic E-state index is -1.46. The highest BCUT2D eigenvalue weighted by atomic mass is 19.1. The van der Waals surface area contributed by atoms with Gasteiger partial charge in [0.05, 0.1) is 7.11 Å². The van der Waals surface area contributed by atoms with Crippen LogP contribution in [0.15, 0.2) is 48.5 Å². The van der Waals surface area contributed by atoms with E-state index in [0.29, 0.717) is 31.9 Å². The number of amides is 4. The number of ether oxygens (including phenoxy) is 2. The zero-order chi connectivity index (χ0) is 30.6. The highest BCUT2D eigenvalue weighted by molar-refractivity contribution is 5.91. The number of carbonyl (C=O) groups excluding carboxylic acids is 5. The van der Waals surface area contributed by atoms with Crippen LogP contribution in [0.1, 0.15) is 30.9 Å². The SMILES string of the molecule is COC(=O)C(COC(=O)C1CCCN1C(C)=O)NC(=O)C(Cc1cc(F)cc(F)c1)NC(=O)NCCc1ccccc1. The van der Waals surface area contributed by atoms with Crippen molar-refractivity contribution in [2.24, 2.45) is 0 Å². The third kappa shape index (κ3) is 9.53. The fourth-order valence-corrected chi connectivity index (χ4v) is 4.58. The second-order valence-corrected chi connectivity index (χ2v) is 9.76. The summed E-state index contributed by atoms with van der Waals surface area (Å²) in [5, 5.41) is 7.48. The Kier molecular flexibility index (Phi) is 11.8.